The molecule has 0 aliphatic heterocycles. The van der Waals surface area contributed by atoms with Crippen LogP contribution in [0.4, 0.5) is 5.82 Å². The van der Waals surface area contributed by atoms with Gasteiger partial charge in [0, 0.05) is 11.9 Å². The van der Waals surface area contributed by atoms with Crippen LogP contribution in [-0.4, -0.2) is 29.5 Å². The molecule has 3 rings (SSSR count). The van der Waals surface area contributed by atoms with Gasteiger partial charge in [0.1, 0.15) is 12.1 Å². The normalized spacial score (nSPS) is 11.6. The second-order valence-electron chi connectivity index (χ2n) is 5.45. The van der Waals surface area contributed by atoms with E-state index in [4.69, 9.17) is 5.73 Å². The van der Waals surface area contributed by atoms with E-state index < -0.39 is 5.91 Å². The molecule has 1 atom stereocenters. The van der Waals surface area contributed by atoms with E-state index in [0.29, 0.717) is 16.9 Å². The predicted octanol–water partition coefficient (Wildman–Crippen LogP) is 2.52. The van der Waals surface area contributed by atoms with Gasteiger partial charge in [-0.25, -0.2) is 9.97 Å². The summed E-state index contributed by atoms with van der Waals surface area (Å²) in [5.41, 5.74) is 7.53. The van der Waals surface area contributed by atoms with E-state index in [9.17, 15) is 4.79 Å². The minimum atomic E-state index is -0.500. The summed E-state index contributed by atoms with van der Waals surface area (Å²) in [6.45, 7) is 0.727. The minimum absolute atomic E-state index is 0. The second-order valence-corrected chi connectivity index (χ2v) is 5.45. The number of nitrogens with zero attached hydrogens (tertiary/aromatic N) is 2. The molecular weight excluding hydrogens is 338 g/mol. The summed E-state index contributed by atoms with van der Waals surface area (Å²) in [4.78, 5) is 20.2. The summed E-state index contributed by atoms with van der Waals surface area (Å²) in [7, 11) is 1.90. The van der Waals surface area contributed by atoms with Crippen LogP contribution < -0.4 is 16.4 Å². The lowest BCUT2D eigenvalue weighted by Crippen LogP contribution is -2.24. The quantitative estimate of drug-likeness (QED) is 0.630. The molecule has 1 heterocycles. The van der Waals surface area contributed by atoms with Crippen molar-refractivity contribution in [2.45, 2.75) is 6.04 Å². The molecule has 1 aromatic heterocycles. The lowest BCUT2D eigenvalue weighted by molar-refractivity contribution is 0.100. The highest BCUT2D eigenvalue weighted by Crippen LogP contribution is 2.25. The number of benzene rings is 2. The third kappa shape index (κ3) is 4.04. The number of fused-ring (bicyclic) bond motifs is 1. The Labute approximate surface area is 152 Å². The van der Waals surface area contributed by atoms with Gasteiger partial charge in [-0.15, -0.1) is 12.4 Å². The molecule has 1 amide bonds. The monoisotopic (exact) mass is 357 g/mol. The molecule has 6 nitrogen and oxygen atoms in total. The van der Waals surface area contributed by atoms with Gasteiger partial charge < -0.3 is 16.4 Å². The van der Waals surface area contributed by atoms with Crippen LogP contribution in [-0.2, 0) is 0 Å². The number of aromatic nitrogens is 2. The molecule has 0 aliphatic carbocycles. The third-order valence-electron chi connectivity index (χ3n) is 3.85. The van der Waals surface area contributed by atoms with Crippen LogP contribution in [0.2, 0.25) is 0 Å². The van der Waals surface area contributed by atoms with Gasteiger partial charge in [0.2, 0.25) is 0 Å². The Bertz CT molecular complexity index is 856. The number of likely N-dealkylation sites (N-methyl/N-ethyl adjacent to an activating group) is 1. The zero-order valence-corrected chi connectivity index (χ0v) is 14.6. The van der Waals surface area contributed by atoms with Crippen molar-refractivity contribution in [3.05, 3.63) is 66.0 Å². The average molecular weight is 358 g/mol. The number of hydrogen-bond donors (Lipinski definition) is 3. The SMILES string of the molecule is CNCC(Nc1ncnc2c(C(N)=O)cccc12)c1ccccc1.Cl. The highest BCUT2D eigenvalue weighted by atomic mass is 35.5. The van der Waals surface area contributed by atoms with Crippen LogP contribution in [0.3, 0.4) is 0 Å². The predicted molar refractivity (Wildman–Crippen MR) is 102 cm³/mol. The van der Waals surface area contributed by atoms with Gasteiger partial charge in [-0.3, -0.25) is 4.79 Å². The van der Waals surface area contributed by atoms with Crippen LogP contribution in [0.25, 0.3) is 10.9 Å². The molecule has 2 aromatic carbocycles. The number of anilines is 1. The lowest BCUT2D eigenvalue weighted by atomic mass is 10.1. The fraction of sp³-hybridized carbons (Fsp3) is 0.167. The number of nitrogens with two attached hydrogens (primary N) is 1. The number of para-hydroxylation sites is 1. The van der Waals surface area contributed by atoms with Crippen LogP contribution in [0.15, 0.2) is 54.9 Å². The van der Waals surface area contributed by atoms with E-state index in [2.05, 4.69) is 32.7 Å². The Balaban J connectivity index is 0.00000225. The van der Waals surface area contributed by atoms with Crippen LogP contribution >= 0.6 is 12.4 Å². The molecule has 130 valence electrons. The number of hydrogen-bond acceptors (Lipinski definition) is 5. The molecule has 0 spiro atoms. The van der Waals surface area contributed by atoms with E-state index in [1.807, 2.05) is 31.3 Å². The Hall–Kier alpha value is -2.70. The van der Waals surface area contributed by atoms with E-state index in [-0.39, 0.29) is 18.4 Å². The van der Waals surface area contributed by atoms with E-state index in [1.54, 1.807) is 12.1 Å². The molecule has 7 heteroatoms. The zero-order valence-electron chi connectivity index (χ0n) is 13.8. The molecule has 1 unspecified atom stereocenters. The highest BCUT2D eigenvalue weighted by molar-refractivity contribution is 6.06. The summed E-state index contributed by atoms with van der Waals surface area (Å²) >= 11 is 0. The second kappa shape index (κ2) is 8.41. The summed E-state index contributed by atoms with van der Waals surface area (Å²) < 4.78 is 0. The first-order valence-corrected chi connectivity index (χ1v) is 7.70. The molecule has 0 radical (unpaired) electrons. The number of rotatable bonds is 6. The maximum absolute atomic E-state index is 11.6. The molecular formula is C18H20ClN5O. The van der Waals surface area contributed by atoms with Gasteiger partial charge in [-0.1, -0.05) is 36.4 Å². The topological polar surface area (TPSA) is 92.9 Å². The van der Waals surface area contributed by atoms with Crippen molar-refractivity contribution in [3.63, 3.8) is 0 Å². The number of nitrogens with one attached hydrogen (secondary N) is 2. The Morgan fingerprint density at radius 2 is 1.88 bits per heavy atom. The zero-order chi connectivity index (χ0) is 16.9. The van der Waals surface area contributed by atoms with Gasteiger partial charge in [-0.05, 0) is 24.7 Å². The van der Waals surface area contributed by atoms with Crippen LogP contribution in [0.5, 0.6) is 0 Å². The van der Waals surface area contributed by atoms with Crippen molar-refractivity contribution in [2.75, 3.05) is 18.9 Å². The molecule has 3 aromatic rings. The molecule has 0 fully saturated rings. The van der Waals surface area contributed by atoms with E-state index in [0.717, 1.165) is 17.5 Å². The third-order valence-corrected chi connectivity index (χ3v) is 3.85. The molecule has 0 saturated carbocycles. The summed E-state index contributed by atoms with van der Waals surface area (Å²) in [5.74, 6) is 0.173. The van der Waals surface area contributed by atoms with Crippen molar-refractivity contribution < 1.29 is 4.79 Å². The molecule has 0 saturated heterocycles. The molecule has 4 N–H and O–H groups in total. The first-order chi connectivity index (χ1) is 11.7. The highest BCUT2D eigenvalue weighted by Gasteiger charge is 2.15. The molecule has 0 aliphatic rings. The van der Waals surface area contributed by atoms with Gasteiger partial charge in [0.15, 0.2) is 0 Å². The first kappa shape index (κ1) is 18.6. The fourth-order valence-corrected chi connectivity index (χ4v) is 2.71. The fourth-order valence-electron chi connectivity index (χ4n) is 2.71. The number of halogens is 1. The Kier molecular flexibility index (Phi) is 6.27. The number of primary amides is 1. The lowest BCUT2D eigenvalue weighted by Gasteiger charge is -2.20. The Morgan fingerprint density at radius 1 is 1.12 bits per heavy atom. The van der Waals surface area contributed by atoms with Crippen molar-refractivity contribution in [3.8, 4) is 0 Å². The van der Waals surface area contributed by atoms with E-state index in [1.165, 1.54) is 6.33 Å². The van der Waals surface area contributed by atoms with Crippen molar-refractivity contribution in [2.24, 2.45) is 5.73 Å². The minimum Gasteiger partial charge on any atom is -0.366 e. The number of amides is 1. The standard InChI is InChI=1S/C18H19N5O.ClH/c1-20-10-15(12-6-3-2-4-7-12)23-18-14-9-5-8-13(17(19)24)16(14)21-11-22-18;/h2-9,11,15,20H,10H2,1H3,(H2,19,24)(H,21,22,23);1H. The summed E-state index contributed by atoms with van der Waals surface area (Å²) in [6.07, 6.45) is 1.44. The average Bonchev–Trinajstić information content (AvgIpc) is 2.61. The van der Waals surface area contributed by atoms with E-state index >= 15 is 0 Å². The van der Waals surface area contributed by atoms with Gasteiger partial charge in [0.05, 0.1) is 17.1 Å². The molecule has 25 heavy (non-hydrogen) atoms. The maximum atomic E-state index is 11.6. The summed E-state index contributed by atoms with van der Waals surface area (Å²) in [6, 6.07) is 15.5. The van der Waals surface area contributed by atoms with Crippen molar-refractivity contribution >= 4 is 35.0 Å². The van der Waals surface area contributed by atoms with Gasteiger partial charge in [0.25, 0.3) is 5.91 Å². The Morgan fingerprint density at radius 3 is 2.56 bits per heavy atom. The molecule has 0 bridgehead atoms. The van der Waals surface area contributed by atoms with Crippen LogP contribution in [0.1, 0.15) is 22.0 Å². The van der Waals surface area contributed by atoms with Crippen molar-refractivity contribution in [1.29, 1.82) is 0 Å². The first-order valence-electron chi connectivity index (χ1n) is 7.70. The smallest absolute Gasteiger partial charge is 0.250 e. The number of carbonyl (C=O) groups is 1. The number of carbonyl (C=O) groups excluding carboxylic acids is 1. The van der Waals surface area contributed by atoms with Crippen LogP contribution in [0, 0.1) is 0 Å². The van der Waals surface area contributed by atoms with Gasteiger partial charge >= 0.3 is 0 Å². The van der Waals surface area contributed by atoms with Gasteiger partial charge in [-0.2, -0.15) is 0 Å². The maximum Gasteiger partial charge on any atom is 0.250 e. The summed E-state index contributed by atoms with van der Waals surface area (Å²) in [5, 5.41) is 7.39. The largest absolute Gasteiger partial charge is 0.366 e. The van der Waals surface area contributed by atoms with Crippen molar-refractivity contribution in [1.82, 2.24) is 15.3 Å².